The van der Waals surface area contributed by atoms with E-state index in [1.165, 1.54) is 32.1 Å². The molecule has 4 saturated carbocycles. The Balaban J connectivity index is 1.92. The van der Waals surface area contributed by atoms with E-state index in [1.54, 1.807) is 0 Å². The van der Waals surface area contributed by atoms with Gasteiger partial charge < -0.3 is 10.8 Å². The summed E-state index contributed by atoms with van der Waals surface area (Å²) in [6.07, 6.45) is 7.69. The fraction of sp³-hybridized carbons (Fsp3) is 1.00. The average molecular weight is 251 g/mol. The molecule has 18 heavy (non-hydrogen) atoms. The summed E-state index contributed by atoms with van der Waals surface area (Å²) in [5.74, 6) is 3.87. The highest BCUT2D eigenvalue weighted by Gasteiger charge is 2.58. The van der Waals surface area contributed by atoms with Crippen LogP contribution in [0.5, 0.6) is 0 Å². The Bertz CT molecular complexity index is 304. The van der Waals surface area contributed by atoms with Gasteiger partial charge in [-0.3, -0.25) is 0 Å². The molecule has 3 N–H and O–H groups in total. The van der Waals surface area contributed by atoms with Gasteiger partial charge in [-0.05, 0) is 82.0 Å². The Kier molecular flexibility index (Phi) is 2.84. The van der Waals surface area contributed by atoms with Crippen molar-refractivity contribution < 1.29 is 5.11 Å². The van der Waals surface area contributed by atoms with Crippen LogP contribution in [-0.4, -0.2) is 16.2 Å². The van der Waals surface area contributed by atoms with Crippen LogP contribution in [0.1, 0.15) is 59.3 Å². The van der Waals surface area contributed by atoms with Gasteiger partial charge in [-0.1, -0.05) is 6.92 Å². The van der Waals surface area contributed by atoms with Crippen molar-refractivity contribution in [1.82, 2.24) is 0 Å². The van der Waals surface area contributed by atoms with Crippen LogP contribution in [0.2, 0.25) is 0 Å². The number of hydrogen-bond donors (Lipinski definition) is 2. The van der Waals surface area contributed by atoms with Crippen molar-refractivity contribution in [3.8, 4) is 0 Å². The summed E-state index contributed by atoms with van der Waals surface area (Å²) < 4.78 is 0. The van der Waals surface area contributed by atoms with E-state index >= 15 is 0 Å². The first-order valence-electron chi connectivity index (χ1n) is 7.86. The fourth-order valence-corrected chi connectivity index (χ4v) is 5.83. The van der Waals surface area contributed by atoms with E-state index in [-0.39, 0.29) is 0 Å². The molecule has 0 aliphatic heterocycles. The van der Waals surface area contributed by atoms with Crippen molar-refractivity contribution >= 4 is 0 Å². The number of rotatable bonds is 3. The first-order valence-corrected chi connectivity index (χ1v) is 7.86. The maximum absolute atomic E-state index is 11.3. The highest BCUT2D eigenvalue weighted by Crippen LogP contribution is 2.60. The minimum absolute atomic E-state index is 0.454. The van der Waals surface area contributed by atoms with Gasteiger partial charge in [0.15, 0.2) is 0 Å². The lowest BCUT2D eigenvalue weighted by atomic mass is 9.47. The van der Waals surface area contributed by atoms with Crippen LogP contribution in [0.15, 0.2) is 0 Å². The Labute approximate surface area is 111 Å². The summed E-state index contributed by atoms with van der Waals surface area (Å²) in [4.78, 5) is 0. The van der Waals surface area contributed by atoms with Crippen LogP contribution in [0.4, 0.5) is 0 Å². The third-order valence-corrected chi connectivity index (χ3v) is 6.43. The summed E-state index contributed by atoms with van der Waals surface area (Å²) in [7, 11) is 0. The standard InChI is InChI=1S/C16H29NO/c1-4-16(18,15(2,3)17)14-12-6-10-5-11(8-12)9-13(14)7-10/h10-14,18H,4-9,17H2,1-3H3. The molecule has 0 amide bonds. The Morgan fingerprint density at radius 1 is 1.00 bits per heavy atom. The lowest BCUT2D eigenvalue weighted by Crippen LogP contribution is -2.66. The van der Waals surface area contributed by atoms with Gasteiger partial charge in [0.25, 0.3) is 0 Å². The van der Waals surface area contributed by atoms with Crippen molar-refractivity contribution in [2.45, 2.75) is 70.4 Å². The quantitative estimate of drug-likeness (QED) is 0.810. The summed E-state index contributed by atoms with van der Waals surface area (Å²) in [6, 6.07) is 0. The lowest BCUT2D eigenvalue weighted by molar-refractivity contribution is -0.170. The van der Waals surface area contributed by atoms with Gasteiger partial charge >= 0.3 is 0 Å². The monoisotopic (exact) mass is 251 g/mol. The molecular formula is C16H29NO. The summed E-state index contributed by atoms with van der Waals surface area (Å²) in [5, 5.41) is 11.3. The zero-order valence-corrected chi connectivity index (χ0v) is 12.2. The predicted octanol–water partition coefficient (Wildman–Crippen LogP) is 2.94. The molecule has 0 heterocycles. The van der Waals surface area contributed by atoms with Crippen LogP contribution >= 0.6 is 0 Å². The van der Waals surface area contributed by atoms with Crippen LogP contribution in [0.3, 0.4) is 0 Å². The molecule has 0 saturated heterocycles. The van der Waals surface area contributed by atoms with Gasteiger partial charge in [-0.15, -0.1) is 0 Å². The van der Waals surface area contributed by atoms with E-state index in [0.717, 1.165) is 30.1 Å². The minimum atomic E-state index is -0.671. The van der Waals surface area contributed by atoms with Gasteiger partial charge in [0.2, 0.25) is 0 Å². The van der Waals surface area contributed by atoms with E-state index < -0.39 is 11.1 Å². The molecule has 0 spiro atoms. The van der Waals surface area contributed by atoms with E-state index in [9.17, 15) is 5.11 Å². The number of hydrogen-bond acceptors (Lipinski definition) is 2. The van der Waals surface area contributed by atoms with E-state index in [1.807, 2.05) is 13.8 Å². The number of nitrogens with two attached hydrogens (primary N) is 1. The minimum Gasteiger partial charge on any atom is -0.388 e. The molecule has 2 heteroatoms. The molecule has 4 bridgehead atoms. The second-order valence-corrected chi connectivity index (χ2v) is 7.96. The van der Waals surface area contributed by atoms with Gasteiger partial charge in [-0.2, -0.15) is 0 Å². The second-order valence-electron chi connectivity index (χ2n) is 7.96. The summed E-state index contributed by atoms with van der Waals surface area (Å²) in [6.45, 7) is 6.14. The third-order valence-electron chi connectivity index (χ3n) is 6.43. The van der Waals surface area contributed by atoms with Crippen molar-refractivity contribution in [2.75, 3.05) is 0 Å². The SMILES string of the molecule is CCC(O)(C1C2CC3CC(C2)CC1C3)C(C)(C)N. The summed E-state index contributed by atoms with van der Waals surface area (Å²) >= 11 is 0. The molecule has 4 fully saturated rings. The molecule has 0 aromatic carbocycles. The van der Waals surface area contributed by atoms with Crippen LogP contribution in [-0.2, 0) is 0 Å². The predicted molar refractivity (Wildman–Crippen MR) is 74.0 cm³/mol. The van der Waals surface area contributed by atoms with Crippen molar-refractivity contribution in [2.24, 2.45) is 35.3 Å². The zero-order valence-electron chi connectivity index (χ0n) is 12.2. The Morgan fingerprint density at radius 2 is 1.44 bits per heavy atom. The molecule has 104 valence electrons. The van der Waals surface area contributed by atoms with Gasteiger partial charge in [0, 0.05) is 5.54 Å². The van der Waals surface area contributed by atoms with Gasteiger partial charge in [0.05, 0.1) is 5.60 Å². The molecule has 0 aromatic heterocycles. The maximum Gasteiger partial charge on any atom is 0.0851 e. The van der Waals surface area contributed by atoms with Crippen molar-refractivity contribution in [3.63, 3.8) is 0 Å². The van der Waals surface area contributed by atoms with Gasteiger partial charge in [-0.25, -0.2) is 0 Å². The first kappa shape index (κ1) is 12.9. The smallest absolute Gasteiger partial charge is 0.0851 e. The van der Waals surface area contributed by atoms with Crippen LogP contribution < -0.4 is 5.73 Å². The normalized spacial score (nSPS) is 46.2. The third kappa shape index (κ3) is 1.68. The molecule has 4 aliphatic carbocycles. The maximum atomic E-state index is 11.3. The largest absolute Gasteiger partial charge is 0.388 e. The molecule has 0 radical (unpaired) electrons. The van der Waals surface area contributed by atoms with E-state index in [0.29, 0.717) is 5.92 Å². The Hall–Kier alpha value is -0.0800. The molecular weight excluding hydrogens is 222 g/mol. The molecule has 0 aromatic rings. The van der Waals surface area contributed by atoms with Crippen molar-refractivity contribution in [3.05, 3.63) is 0 Å². The molecule has 2 nitrogen and oxygen atoms in total. The molecule has 4 rings (SSSR count). The highest BCUT2D eigenvalue weighted by molar-refractivity contribution is 5.10. The van der Waals surface area contributed by atoms with Gasteiger partial charge in [0.1, 0.15) is 0 Å². The summed E-state index contributed by atoms with van der Waals surface area (Å²) in [5.41, 5.74) is 5.20. The molecule has 1 atom stereocenters. The molecule has 1 unspecified atom stereocenters. The average Bonchev–Trinajstić information content (AvgIpc) is 2.25. The van der Waals surface area contributed by atoms with E-state index in [4.69, 9.17) is 5.73 Å². The first-order chi connectivity index (χ1) is 8.35. The fourth-order valence-electron chi connectivity index (χ4n) is 5.83. The Morgan fingerprint density at radius 3 is 1.78 bits per heavy atom. The second kappa shape index (κ2) is 3.96. The highest BCUT2D eigenvalue weighted by atomic mass is 16.3. The van der Waals surface area contributed by atoms with Crippen LogP contribution in [0.25, 0.3) is 0 Å². The van der Waals surface area contributed by atoms with Crippen LogP contribution in [0, 0.1) is 29.6 Å². The lowest BCUT2D eigenvalue weighted by Gasteiger charge is -2.61. The number of aliphatic hydroxyl groups is 1. The van der Waals surface area contributed by atoms with Crippen molar-refractivity contribution in [1.29, 1.82) is 0 Å². The zero-order chi connectivity index (χ0) is 13.1. The van der Waals surface area contributed by atoms with E-state index in [2.05, 4.69) is 6.92 Å². The molecule has 4 aliphatic rings. The topological polar surface area (TPSA) is 46.2 Å².